The van der Waals surface area contributed by atoms with E-state index in [9.17, 15) is 14.4 Å². The molecule has 0 spiro atoms. The molecule has 0 aromatic carbocycles. The number of rotatable bonds is 45. The third-order valence-electron chi connectivity index (χ3n) is 10.7. The largest absolute Gasteiger partial charge is 0.462 e. The lowest BCUT2D eigenvalue weighted by molar-refractivity contribution is -0.167. The molecule has 0 N–H and O–H groups in total. The van der Waals surface area contributed by atoms with Crippen LogP contribution in [0.3, 0.4) is 0 Å². The van der Waals surface area contributed by atoms with Crippen LogP contribution in [-0.4, -0.2) is 37.2 Å². The third kappa shape index (κ3) is 49.1. The Morgan fingerprint density at radius 3 is 0.969 bits per heavy atom. The Kier molecular flexibility index (Phi) is 48.5. The zero-order valence-electron chi connectivity index (χ0n) is 41.3. The van der Waals surface area contributed by atoms with Gasteiger partial charge in [-0.05, 0) is 89.9 Å². The van der Waals surface area contributed by atoms with Crippen LogP contribution in [0, 0.1) is 0 Å². The van der Waals surface area contributed by atoms with Crippen LogP contribution >= 0.6 is 0 Å². The molecule has 0 heterocycles. The molecule has 0 rings (SSSR count). The van der Waals surface area contributed by atoms with E-state index >= 15 is 0 Å². The van der Waals surface area contributed by atoms with E-state index in [0.29, 0.717) is 19.3 Å². The molecule has 0 radical (unpaired) electrons. The second kappa shape index (κ2) is 51.7. The van der Waals surface area contributed by atoms with Gasteiger partial charge >= 0.3 is 17.9 Å². The molecule has 0 aliphatic heterocycles. The van der Waals surface area contributed by atoms with E-state index in [4.69, 9.17) is 14.2 Å². The topological polar surface area (TPSA) is 78.9 Å². The molecule has 6 heteroatoms. The van der Waals surface area contributed by atoms with Crippen LogP contribution in [0.2, 0.25) is 0 Å². The van der Waals surface area contributed by atoms with E-state index in [1.54, 1.807) is 0 Å². The van der Waals surface area contributed by atoms with Crippen molar-refractivity contribution >= 4 is 17.9 Å². The summed E-state index contributed by atoms with van der Waals surface area (Å²) in [5.74, 6) is -0.969. The predicted octanol–water partition coefficient (Wildman–Crippen LogP) is 17.1. The molecule has 0 aromatic rings. The molecule has 1 unspecified atom stereocenters. The van der Waals surface area contributed by atoms with Crippen molar-refractivity contribution in [2.75, 3.05) is 13.2 Å². The smallest absolute Gasteiger partial charge is 0.306 e. The maximum absolute atomic E-state index is 12.8. The van der Waals surface area contributed by atoms with Crippen LogP contribution in [0.4, 0.5) is 0 Å². The van der Waals surface area contributed by atoms with Crippen molar-refractivity contribution in [1.82, 2.24) is 0 Å². The van der Waals surface area contributed by atoms with E-state index in [0.717, 1.165) is 128 Å². The Morgan fingerprint density at radius 1 is 0.312 bits per heavy atom. The highest BCUT2D eigenvalue weighted by atomic mass is 16.6. The first-order valence-electron chi connectivity index (χ1n) is 26.0. The minimum atomic E-state index is -0.806. The zero-order valence-corrected chi connectivity index (χ0v) is 41.3. The summed E-state index contributed by atoms with van der Waals surface area (Å²) < 4.78 is 16.7. The predicted molar refractivity (Wildman–Crippen MR) is 274 cm³/mol. The second-order valence-corrected chi connectivity index (χ2v) is 16.9. The first-order valence-corrected chi connectivity index (χ1v) is 26.0. The highest BCUT2D eigenvalue weighted by Gasteiger charge is 2.19. The highest BCUT2D eigenvalue weighted by molar-refractivity contribution is 5.71. The van der Waals surface area contributed by atoms with Gasteiger partial charge in [0.2, 0.25) is 0 Å². The Morgan fingerprint density at radius 2 is 0.594 bits per heavy atom. The summed E-state index contributed by atoms with van der Waals surface area (Å²) in [6, 6.07) is 0. The number of hydrogen-bond donors (Lipinski definition) is 0. The van der Waals surface area contributed by atoms with Crippen LogP contribution < -0.4 is 0 Å². The molecular weight excluding hydrogens is 793 g/mol. The molecule has 6 nitrogen and oxygen atoms in total. The molecular formula is C58H94O6. The molecule has 0 saturated heterocycles. The molecule has 0 amide bonds. The van der Waals surface area contributed by atoms with Crippen LogP contribution in [0.15, 0.2) is 109 Å². The number of hydrogen-bond acceptors (Lipinski definition) is 6. The maximum atomic E-state index is 12.8. The summed E-state index contributed by atoms with van der Waals surface area (Å²) >= 11 is 0. The van der Waals surface area contributed by atoms with Gasteiger partial charge in [-0.3, -0.25) is 14.4 Å². The van der Waals surface area contributed by atoms with Crippen molar-refractivity contribution < 1.29 is 28.6 Å². The van der Waals surface area contributed by atoms with Crippen molar-refractivity contribution in [3.05, 3.63) is 109 Å². The number of allylic oxidation sites excluding steroid dienone is 18. The Labute approximate surface area is 393 Å². The summed E-state index contributed by atoms with van der Waals surface area (Å²) in [5.41, 5.74) is 0. The van der Waals surface area contributed by atoms with Gasteiger partial charge in [-0.15, -0.1) is 0 Å². The van der Waals surface area contributed by atoms with E-state index in [-0.39, 0.29) is 31.1 Å². The lowest BCUT2D eigenvalue weighted by atomic mass is 10.1. The van der Waals surface area contributed by atoms with Crippen molar-refractivity contribution in [1.29, 1.82) is 0 Å². The molecule has 362 valence electrons. The van der Waals surface area contributed by atoms with Gasteiger partial charge in [0.15, 0.2) is 6.10 Å². The summed E-state index contributed by atoms with van der Waals surface area (Å²) in [6.07, 6.45) is 69.2. The first kappa shape index (κ1) is 60.1. The maximum Gasteiger partial charge on any atom is 0.306 e. The van der Waals surface area contributed by atoms with Gasteiger partial charge in [-0.2, -0.15) is 0 Å². The molecule has 0 aliphatic rings. The van der Waals surface area contributed by atoms with Gasteiger partial charge in [0.1, 0.15) is 13.2 Å². The molecule has 0 saturated carbocycles. The van der Waals surface area contributed by atoms with Gasteiger partial charge in [-0.25, -0.2) is 0 Å². The fraction of sp³-hybridized carbons (Fsp3) is 0.638. The number of carbonyl (C=O) groups excluding carboxylic acids is 3. The standard InChI is InChI=1S/C58H94O6/c1-4-7-10-13-16-19-22-24-26-28-30-32-34-36-39-42-45-48-51-57(60)63-54-55(53-62-56(59)50-47-44-41-38-21-18-15-12-9-6-3)64-58(61)52-49-46-43-40-37-35-33-31-29-27-25-23-20-17-14-11-8-5-2/h15-20,22-33,55H,4-14,21,34-54H2,1-3H3/b18-15-,19-16-,20-17-,24-22-,25-23-,28-26-,29-27-,32-30-,33-31-. The molecule has 64 heavy (non-hydrogen) atoms. The van der Waals surface area contributed by atoms with Gasteiger partial charge in [0, 0.05) is 19.3 Å². The lowest BCUT2D eigenvalue weighted by Crippen LogP contribution is -2.30. The lowest BCUT2D eigenvalue weighted by Gasteiger charge is -2.18. The second-order valence-electron chi connectivity index (χ2n) is 16.9. The summed E-state index contributed by atoms with van der Waals surface area (Å²) in [6.45, 7) is 6.45. The Balaban J connectivity index is 4.49. The fourth-order valence-electron chi connectivity index (χ4n) is 6.68. The molecule has 0 fully saturated rings. The van der Waals surface area contributed by atoms with Gasteiger partial charge in [0.25, 0.3) is 0 Å². The molecule has 0 aromatic heterocycles. The zero-order chi connectivity index (χ0) is 46.5. The van der Waals surface area contributed by atoms with Crippen LogP contribution in [0.1, 0.15) is 220 Å². The quantitative estimate of drug-likeness (QED) is 0.0199. The number of carbonyl (C=O) groups is 3. The molecule has 1 atom stereocenters. The number of unbranched alkanes of at least 4 members (excludes halogenated alkanes) is 22. The molecule has 0 aliphatic carbocycles. The number of esters is 3. The summed E-state index contributed by atoms with van der Waals surface area (Å²) in [7, 11) is 0. The number of ether oxygens (including phenoxy) is 3. The minimum absolute atomic E-state index is 0.104. The van der Waals surface area contributed by atoms with Gasteiger partial charge < -0.3 is 14.2 Å². The van der Waals surface area contributed by atoms with E-state index in [2.05, 4.69) is 130 Å². The Hall–Kier alpha value is -3.93. The molecule has 0 bridgehead atoms. The fourth-order valence-corrected chi connectivity index (χ4v) is 6.68. The van der Waals surface area contributed by atoms with Crippen molar-refractivity contribution in [2.45, 2.75) is 226 Å². The van der Waals surface area contributed by atoms with E-state index in [1.165, 1.54) is 51.4 Å². The first-order chi connectivity index (χ1) is 31.5. The Bertz CT molecular complexity index is 1340. The van der Waals surface area contributed by atoms with E-state index < -0.39 is 6.10 Å². The average molecular weight is 887 g/mol. The van der Waals surface area contributed by atoms with Crippen molar-refractivity contribution in [3.8, 4) is 0 Å². The van der Waals surface area contributed by atoms with Crippen LogP contribution in [0.5, 0.6) is 0 Å². The average Bonchev–Trinajstić information content (AvgIpc) is 3.29. The highest BCUT2D eigenvalue weighted by Crippen LogP contribution is 2.13. The normalized spacial score (nSPS) is 13.0. The van der Waals surface area contributed by atoms with Crippen LogP contribution in [-0.2, 0) is 28.6 Å². The van der Waals surface area contributed by atoms with Gasteiger partial charge in [0.05, 0.1) is 0 Å². The summed E-state index contributed by atoms with van der Waals surface area (Å²) in [5, 5.41) is 0. The van der Waals surface area contributed by atoms with Crippen molar-refractivity contribution in [2.24, 2.45) is 0 Å². The monoisotopic (exact) mass is 887 g/mol. The van der Waals surface area contributed by atoms with Crippen molar-refractivity contribution in [3.63, 3.8) is 0 Å². The third-order valence-corrected chi connectivity index (χ3v) is 10.7. The summed E-state index contributed by atoms with van der Waals surface area (Å²) in [4.78, 5) is 37.9. The van der Waals surface area contributed by atoms with Crippen LogP contribution in [0.25, 0.3) is 0 Å². The SMILES string of the molecule is CCCC/C=C\CCCCCCC(=O)OCC(COC(=O)CCCCCCC\C=C/C=C\C=C/C=C\CCCCC)OC(=O)CCCCCCC\C=C/C=C\C=C/C=C\CCCCC. The minimum Gasteiger partial charge on any atom is -0.462 e. The van der Waals surface area contributed by atoms with Gasteiger partial charge in [-0.1, -0.05) is 220 Å². The van der Waals surface area contributed by atoms with E-state index in [1.807, 2.05) is 0 Å².